The number of ether oxygens (including phenoxy) is 2. The van der Waals surface area contributed by atoms with Crippen molar-refractivity contribution in [2.75, 3.05) is 26.8 Å². The van der Waals surface area contributed by atoms with Gasteiger partial charge in [-0.3, -0.25) is 9.59 Å². The SMILES string of the molecule is COc1ccc(C(=O)C2CCCN(C(=O)C3CCCO3)C2)cc1. The second kappa shape index (κ2) is 7.13. The standard InChI is InChI=1S/C18H23NO4/c1-22-15-8-6-13(7-9-15)17(20)14-4-2-10-19(12-14)18(21)16-5-3-11-23-16/h6-9,14,16H,2-5,10-12H2,1H3. The van der Waals surface area contributed by atoms with Crippen molar-refractivity contribution in [1.29, 1.82) is 0 Å². The van der Waals surface area contributed by atoms with E-state index < -0.39 is 0 Å². The van der Waals surface area contributed by atoms with E-state index in [-0.39, 0.29) is 23.7 Å². The number of amides is 1. The summed E-state index contributed by atoms with van der Waals surface area (Å²) >= 11 is 0. The Balaban J connectivity index is 1.64. The van der Waals surface area contributed by atoms with Gasteiger partial charge in [0, 0.05) is 31.2 Å². The highest BCUT2D eigenvalue weighted by Crippen LogP contribution is 2.24. The van der Waals surface area contributed by atoms with Gasteiger partial charge in [-0.1, -0.05) is 0 Å². The van der Waals surface area contributed by atoms with E-state index in [4.69, 9.17) is 9.47 Å². The van der Waals surface area contributed by atoms with Crippen LogP contribution in [0.4, 0.5) is 0 Å². The van der Waals surface area contributed by atoms with Gasteiger partial charge in [0.25, 0.3) is 5.91 Å². The Labute approximate surface area is 136 Å². The van der Waals surface area contributed by atoms with Gasteiger partial charge in [-0.05, 0) is 49.9 Å². The van der Waals surface area contributed by atoms with E-state index in [1.807, 2.05) is 4.90 Å². The van der Waals surface area contributed by atoms with Crippen LogP contribution in [0.2, 0.25) is 0 Å². The molecule has 2 aliphatic rings. The minimum atomic E-state index is -0.301. The molecule has 2 unspecified atom stereocenters. The molecule has 1 aromatic rings. The van der Waals surface area contributed by atoms with Gasteiger partial charge in [0.05, 0.1) is 7.11 Å². The molecule has 23 heavy (non-hydrogen) atoms. The largest absolute Gasteiger partial charge is 0.497 e. The van der Waals surface area contributed by atoms with Crippen molar-refractivity contribution in [3.05, 3.63) is 29.8 Å². The van der Waals surface area contributed by atoms with Crippen molar-refractivity contribution < 1.29 is 19.1 Å². The highest BCUT2D eigenvalue weighted by molar-refractivity contribution is 5.98. The number of methoxy groups -OCH3 is 1. The molecule has 0 N–H and O–H groups in total. The van der Waals surface area contributed by atoms with Gasteiger partial charge in [0.1, 0.15) is 11.9 Å². The van der Waals surface area contributed by atoms with E-state index in [1.165, 1.54) is 0 Å². The lowest BCUT2D eigenvalue weighted by Crippen LogP contribution is -2.46. The fraction of sp³-hybridized carbons (Fsp3) is 0.556. The predicted octanol–water partition coefficient (Wildman–Crippen LogP) is 2.30. The van der Waals surface area contributed by atoms with Gasteiger partial charge in [-0.2, -0.15) is 0 Å². The molecule has 5 nitrogen and oxygen atoms in total. The van der Waals surface area contributed by atoms with Crippen molar-refractivity contribution >= 4 is 11.7 Å². The number of piperidine rings is 1. The predicted molar refractivity (Wildman–Crippen MR) is 85.6 cm³/mol. The second-order valence-electron chi connectivity index (χ2n) is 6.22. The van der Waals surface area contributed by atoms with Crippen LogP contribution in [0.3, 0.4) is 0 Å². The van der Waals surface area contributed by atoms with Gasteiger partial charge in [-0.15, -0.1) is 0 Å². The number of hydrogen-bond acceptors (Lipinski definition) is 4. The Kier molecular flexibility index (Phi) is 4.96. The summed E-state index contributed by atoms with van der Waals surface area (Å²) < 4.78 is 10.6. The Morgan fingerprint density at radius 2 is 1.96 bits per heavy atom. The van der Waals surface area contributed by atoms with E-state index in [2.05, 4.69) is 0 Å². The molecule has 3 rings (SSSR count). The first-order valence-electron chi connectivity index (χ1n) is 8.27. The first-order valence-corrected chi connectivity index (χ1v) is 8.27. The van der Waals surface area contributed by atoms with E-state index in [1.54, 1.807) is 31.4 Å². The highest BCUT2D eigenvalue weighted by Gasteiger charge is 2.33. The summed E-state index contributed by atoms with van der Waals surface area (Å²) in [7, 11) is 1.60. The molecule has 0 saturated carbocycles. The number of carbonyl (C=O) groups excluding carboxylic acids is 2. The normalized spacial score (nSPS) is 24.5. The van der Waals surface area contributed by atoms with Gasteiger partial charge >= 0.3 is 0 Å². The van der Waals surface area contributed by atoms with E-state index in [0.29, 0.717) is 18.7 Å². The maximum atomic E-state index is 12.7. The molecule has 2 heterocycles. The number of benzene rings is 1. The third-order valence-corrected chi connectivity index (χ3v) is 4.68. The molecule has 0 radical (unpaired) electrons. The number of likely N-dealkylation sites (tertiary alicyclic amines) is 1. The molecule has 5 heteroatoms. The lowest BCUT2D eigenvalue weighted by molar-refractivity contribution is -0.142. The van der Waals surface area contributed by atoms with Crippen LogP contribution in [-0.2, 0) is 9.53 Å². The number of rotatable bonds is 4. The van der Waals surface area contributed by atoms with Crippen LogP contribution in [-0.4, -0.2) is 49.5 Å². The number of nitrogens with zero attached hydrogens (tertiary/aromatic N) is 1. The number of Topliss-reactive ketones (excluding diaryl/α,β-unsaturated/α-hetero) is 1. The number of carbonyl (C=O) groups is 2. The lowest BCUT2D eigenvalue weighted by Gasteiger charge is -2.33. The maximum Gasteiger partial charge on any atom is 0.251 e. The Morgan fingerprint density at radius 1 is 1.17 bits per heavy atom. The highest BCUT2D eigenvalue weighted by atomic mass is 16.5. The molecule has 1 amide bonds. The van der Waals surface area contributed by atoms with Crippen LogP contribution in [0.1, 0.15) is 36.0 Å². The Hall–Kier alpha value is -1.88. The molecule has 0 spiro atoms. The van der Waals surface area contributed by atoms with Crippen molar-refractivity contribution in [2.45, 2.75) is 31.8 Å². The molecule has 2 fully saturated rings. The van der Waals surface area contributed by atoms with Gasteiger partial charge in [0.15, 0.2) is 5.78 Å². The van der Waals surface area contributed by atoms with Crippen molar-refractivity contribution in [1.82, 2.24) is 4.90 Å². The van der Waals surface area contributed by atoms with Gasteiger partial charge < -0.3 is 14.4 Å². The van der Waals surface area contributed by atoms with Gasteiger partial charge in [-0.25, -0.2) is 0 Å². The zero-order valence-electron chi connectivity index (χ0n) is 13.5. The number of ketones is 1. The van der Waals surface area contributed by atoms with E-state index >= 15 is 0 Å². The van der Waals surface area contributed by atoms with Crippen molar-refractivity contribution in [3.8, 4) is 5.75 Å². The molecule has 1 aromatic carbocycles. The quantitative estimate of drug-likeness (QED) is 0.800. The third kappa shape index (κ3) is 3.55. The fourth-order valence-corrected chi connectivity index (χ4v) is 3.36. The second-order valence-corrected chi connectivity index (χ2v) is 6.22. The van der Waals surface area contributed by atoms with E-state index in [9.17, 15) is 9.59 Å². The molecule has 0 aliphatic carbocycles. The molecule has 124 valence electrons. The minimum absolute atomic E-state index is 0.0507. The summed E-state index contributed by atoms with van der Waals surface area (Å²) in [5.74, 6) is 0.773. The summed E-state index contributed by atoms with van der Waals surface area (Å²) in [6, 6.07) is 7.18. The minimum Gasteiger partial charge on any atom is -0.497 e. The van der Waals surface area contributed by atoms with Crippen LogP contribution >= 0.6 is 0 Å². The van der Waals surface area contributed by atoms with Gasteiger partial charge in [0.2, 0.25) is 0 Å². The Bertz CT molecular complexity index is 563. The maximum absolute atomic E-state index is 12.7. The van der Waals surface area contributed by atoms with Crippen LogP contribution < -0.4 is 4.74 Å². The zero-order valence-corrected chi connectivity index (χ0v) is 13.5. The van der Waals surface area contributed by atoms with Crippen molar-refractivity contribution in [3.63, 3.8) is 0 Å². The molecule has 2 atom stereocenters. The summed E-state index contributed by atoms with van der Waals surface area (Å²) in [4.78, 5) is 27.0. The molecule has 2 saturated heterocycles. The number of hydrogen-bond donors (Lipinski definition) is 0. The zero-order chi connectivity index (χ0) is 16.2. The summed E-state index contributed by atoms with van der Waals surface area (Å²) in [5.41, 5.74) is 0.683. The summed E-state index contributed by atoms with van der Waals surface area (Å²) in [6.07, 6.45) is 3.14. The first kappa shape index (κ1) is 16.0. The van der Waals surface area contributed by atoms with Crippen LogP contribution in [0.5, 0.6) is 5.75 Å². The van der Waals surface area contributed by atoms with Crippen LogP contribution in [0.25, 0.3) is 0 Å². The molecule has 0 bridgehead atoms. The smallest absolute Gasteiger partial charge is 0.251 e. The Morgan fingerprint density at radius 3 is 2.61 bits per heavy atom. The molecule has 0 aromatic heterocycles. The lowest BCUT2D eigenvalue weighted by atomic mass is 9.89. The summed E-state index contributed by atoms with van der Waals surface area (Å²) in [6.45, 7) is 1.90. The molecular weight excluding hydrogens is 294 g/mol. The molecule has 2 aliphatic heterocycles. The molecular formula is C18H23NO4. The average molecular weight is 317 g/mol. The topological polar surface area (TPSA) is 55.8 Å². The van der Waals surface area contributed by atoms with Crippen LogP contribution in [0, 0.1) is 5.92 Å². The third-order valence-electron chi connectivity index (χ3n) is 4.68. The first-order chi connectivity index (χ1) is 11.2. The van der Waals surface area contributed by atoms with Crippen molar-refractivity contribution in [2.24, 2.45) is 5.92 Å². The summed E-state index contributed by atoms with van der Waals surface area (Å²) in [5, 5.41) is 0. The monoisotopic (exact) mass is 317 g/mol. The van der Waals surface area contributed by atoms with Crippen LogP contribution in [0.15, 0.2) is 24.3 Å². The average Bonchev–Trinajstić information content (AvgIpc) is 3.15. The fourth-order valence-electron chi connectivity index (χ4n) is 3.36. The van der Waals surface area contributed by atoms with E-state index in [0.717, 1.165) is 38.0 Å².